The molecule has 2 heterocycles. The van der Waals surface area contributed by atoms with Gasteiger partial charge in [-0.25, -0.2) is 9.97 Å². The molecule has 0 radical (unpaired) electrons. The van der Waals surface area contributed by atoms with E-state index < -0.39 is 0 Å². The van der Waals surface area contributed by atoms with Crippen LogP contribution in [0, 0.1) is 13.8 Å². The van der Waals surface area contributed by atoms with Gasteiger partial charge in [0.15, 0.2) is 0 Å². The summed E-state index contributed by atoms with van der Waals surface area (Å²) in [5, 5.41) is 4.50. The van der Waals surface area contributed by atoms with Gasteiger partial charge < -0.3 is 10.1 Å². The molecule has 0 aromatic carbocycles. The first-order valence-electron chi connectivity index (χ1n) is 6.76. The molecule has 0 aliphatic heterocycles. The number of aromatic nitrogens is 2. The summed E-state index contributed by atoms with van der Waals surface area (Å²) < 4.78 is 5.54. The predicted molar refractivity (Wildman–Crippen MR) is 81.1 cm³/mol. The standard InChI is InChI=1S/C14H21N3OS/c1-4-5-7-18-8-6-15-13-12-10(2)11(3)19-14(12)17-9-16-13/h9H,4-8H2,1-3H3,(H,15,16,17). The number of fused-ring (bicyclic) bond motifs is 1. The lowest BCUT2D eigenvalue weighted by Gasteiger charge is -2.07. The van der Waals surface area contributed by atoms with Crippen molar-refractivity contribution in [1.82, 2.24) is 9.97 Å². The predicted octanol–water partition coefficient (Wildman–Crippen LogP) is 3.54. The van der Waals surface area contributed by atoms with Crippen LogP contribution < -0.4 is 5.32 Å². The number of hydrogen-bond donors (Lipinski definition) is 1. The Morgan fingerprint density at radius 3 is 2.89 bits per heavy atom. The topological polar surface area (TPSA) is 47.0 Å². The fraction of sp³-hybridized carbons (Fsp3) is 0.571. The maximum Gasteiger partial charge on any atom is 0.138 e. The number of hydrogen-bond acceptors (Lipinski definition) is 5. The summed E-state index contributed by atoms with van der Waals surface area (Å²) in [6.07, 6.45) is 3.92. The first-order valence-corrected chi connectivity index (χ1v) is 7.58. The quantitative estimate of drug-likeness (QED) is 0.788. The van der Waals surface area contributed by atoms with E-state index in [1.807, 2.05) is 0 Å². The number of anilines is 1. The molecule has 4 nitrogen and oxygen atoms in total. The van der Waals surface area contributed by atoms with Crippen molar-refractivity contribution >= 4 is 27.4 Å². The van der Waals surface area contributed by atoms with Crippen LogP contribution in [-0.4, -0.2) is 29.7 Å². The van der Waals surface area contributed by atoms with Crippen molar-refractivity contribution in [2.75, 3.05) is 25.1 Å². The van der Waals surface area contributed by atoms with E-state index in [-0.39, 0.29) is 0 Å². The Kier molecular flexibility index (Phi) is 5.10. The minimum Gasteiger partial charge on any atom is -0.380 e. The highest BCUT2D eigenvalue weighted by Crippen LogP contribution is 2.32. The fourth-order valence-electron chi connectivity index (χ4n) is 1.91. The highest BCUT2D eigenvalue weighted by Gasteiger charge is 2.11. The summed E-state index contributed by atoms with van der Waals surface area (Å²) in [4.78, 5) is 11.0. The van der Waals surface area contributed by atoms with Gasteiger partial charge in [-0.05, 0) is 25.8 Å². The van der Waals surface area contributed by atoms with Gasteiger partial charge in [0.2, 0.25) is 0 Å². The average Bonchev–Trinajstić information content (AvgIpc) is 2.70. The molecule has 2 aromatic rings. The molecule has 0 amide bonds. The van der Waals surface area contributed by atoms with Gasteiger partial charge in [0, 0.05) is 18.0 Å². The zero-order valence-corrected chi connectivity index (χ0v) is 12.6. The molecule has 2 aromatic heterocycles. The van der Waals surface area contributed by atoms with Gasteiger partial charge in [0.1, 0.15) is 17.0 Å². The van der Waals surface area contributed by atoms with Gasteiger partial charge in [-0.15, -0.1) is 11.3 Å². The normalized spacial score (nSPS) is 11.1. The molecule has 0 saturated heterocycles. The second-order valence-electron chi connectivity index (χ2n) is 4.58. The van der Waals surface area contributed by atoms with Crippen LogP contribution in [0.3, 0.4) is 0 Å². The van der Waals surface area contributed by atoms with Crippen LogP contribution in [-0.2, 0) is 4.74 Å². The molecule has 0 aliphatic carbocycles. The third-order valence-corrected chi connectivity index (χ3v) is 4.26. The lowest BCUT2D eigenvalue weighted by molar-refractivity contribution is 0.141. The minimum absolute atomic E-state index is 0.716. The largest absolute Gasteiger partial charge is 0.380 e. The van der Waals surface area contributed by atoms with Gasteiger partial charge in [-0.1, -0.05) is 13.3 Å². The molecular weight excluding hydrogens is 258 g/mol. The van der Waals surface area contributed by atoms with Crippen LogP contribution in [0.4, 0.5) is 5.82 Å². The molecule has 0 bridgehead atoms. The molecular formula is C14H21N3OS. The maximum absolute atomic E-state index is 5.54. The molecule has 1 N–H and O–H groups in total. The van der Waals surface area contributed by atoms with Crippen LogP contribution in [0.2, 0.25) is 0 Å². The Morgan fingerprint density at radius 2 is 2.11 bits per heavy atom. The fourth-order valence-corrected chi connectivity index (χ4v) is 2.90. The number of nitrogens with one attached hydrogen (secondary N) is 1. The Hall–Kier alpha value is -1.20. The van der Waals surface area contributed by atoms with E-state index in [1.165, 1.54) is 16.9 Å². The molecule has 0 unspecified atom stereocenters. The Labute approximate surface area is 118 Å². The van der Waals surface area contributed by atoms with E-state index in [9.17, 15) is 0 Å². The Morgan fingerprint density at radius 1 is 1.26 bits per heavy atom. The molecule has 0 saturated carbocycles. The lowest BCUT2D eigenvalue weighted by atomic mass is 10.2. The third-order valence-electron chi connectivity index (χ3n) is 3.15. The van der Waals surface area contributed by atoms with Crippen LogP contribution >= 0.6 is 11.3 Å². The zero-order chi connectivity index (χ0) is 13.7. The molecule has 0 atom stereocenters. The highest BCUT2D eigenvalue weighted by molar-refractivity contribution is 7.18. The first-order chi connectivity index (χ1) is 9.24. The van der Waals surface area contributed by atoms with Crippen molar-refractivity contribution in [3.8, 4) is 0 Å². The Bertz CT molecular complexity index is 539. The molecule has 5 heteroatoms. The molecule has 0 aliphatic rings. The minimum atomic E-state index is 0.716. The molecule has 104 valence electrons. The smallest absolute Gasteiger partial charge is 0.138 e. The van der Waals surface area contributed by atoms with Gasteiger partial charge in [-0.2, -0.15) is 0 Å². The molecule has 2 rings (SSSR count). The molecule has 0 spiro atoms. The summed E-state index contributed by atoms with van der Waals surface area (Å²) in [7, 11) is 0. The van der Waals surface area contributed by atoms with Gasteiger partial charge in [-0.3, -0.25) is 0 Å². The van der Waals surface area contributed by atoms with E-state index in [4.69, 9.17) is 4.74 Å². The van der Waals surface area contributed by atoms with Crippen LogP contribution in [0.15, 0.2) is 6.33 Å². The van der Waals surface area contributed by atoms with Crippen LogP contribution in [0.25, 0.3) is 10.2 Å². The van der Waals surface area contributed by atoms with E-state index >= 15 is 0 Å². The van der Waals surface area contributed by atoms with Crippen molar-refractivity contribution < 1.29 is 4.74 Å². The summed E-state index contributed by atoms with van der Waals surface area (Å²) in [5.41, 5.74) is 1.27. The van der Waals surface area contributed by atoms with Crippen molar-refractivity contribution in [3.63, 3.8) is 0 Å². The van der Waals surface area contributed by atoms with Crippen molar-refractivity contribution in [2.45, 2.75) is 33.6 Å². The van der Waals surface area contributed by atoms with Gasteiger partial charge >= 0.3 is 0 Å². The van der Waals surface area contributed by atoms with Crippen molar-refractivity contribution in [2.24, 2.45) is 0 Å². The second kappa shape index (κ2) is 6.82. The lowest BCUT2D eigenvalue weighted by Crippen LogP contribution is -2.11. The number of nitrogens with zero attached hydrogens (tertiary/aromatic N) is 2. The number of rotatable bonds is 7. The number of thiophene rings is 1. The Balaban J connectivity index is 1.97. The summed E-state index contributed by atoms with van der Waals surface area (Å²) >= 11 is 1.72. The molecule has 19 heavy (non-hydrogen) atoms. The number of unbranched alkanes of at least 4 members (excludes halogenated alkanes) is 1. The van der Waals surface area contributed by atoms with Crippen molar-refractivity contribution in [1.29, 1.82) is 0 Å². The van der Waals surface area contributed by atoms with Crippen LogP contribution in [0.1, 0.15) is 30.2 Å². The summed E-state index contributed by atoms with van der Waals surface area (Å²) in [5.74, 6) is 0.922. The highest BCUT2D eigenvalue weighted by atomic mass is 32.1. The van der Waals surface area contributed by atoms with E-state index in [0.29, 0.717) is 6.61 Å². The second-order valence-corrected chi connectivity index (χ2v) is 5.78. The van der Waals surface area contributed by atoms with E-state index in [2.05, 4.69) is 36.1 Å². The third kappa shape index (κ3) is 3.42. The monoisotopic (exact) mass is 279 g/mol. The maximum atomic E-state index is 5.54. The summed E-state index contributed by atoms with van der Waals surface area (Å²) in [6, 6.07) is 0. The van der Waals surface area contributed by atoms with E-state index in [1.54, 1.807) is 17.7 Å². The van der Waals surface area contributed by atoms with Gasteiger partial charge in [0.05, 0.1) is 12.0 Å². The average molecular weight is 279 g/mol. The van der Waals surface area contributed by atoms with E-state index in [0.717, 1.165) is 35.6 Å². The van der Waals surface area contributed by atoms with Crippen molar-refractivity contribution in [3.05, 3.63) is 16.8 Å². The summed E-state index contributed by atoms with van der Waals surface area (Å²) in [6.45, 7) is 8.76. The SMILES string of the molecule is CCCCOCCNc1ncnc2sc(C)c(C)c12. The zero-order valence-electron chi connectivity index (χ0n) is 11.8. The van der Waals surface area contributed by atoms with Gasteiger partial charge in [0.25, 0.3) is 0 Å². The first kappa shape index (κ1) is 14.2. The number of ether oxygens (including phenoxy) is 1. The van der Waals surface area contributed by atoms with Crippen LogP contribution in [0.5, 0.6) is 0 Å². The number of aryl methyl sites for hydroxylation is 2. The molecule has 0 fully saturated rings.